The van der Waals surface area contributed by atoms with E-state index < -0.39 is 0 Å². The fraction of sp³-hybridized carbons (Fsp3) is 0.700. The van der Waals surface area contributed by atoms with Crippen molar-refractivity contribution in [1.82, 2.24) is 30.3 Å². The molecule has 7 heteroatoms. The lowest BCUT2D eigenvalue weighted by molar-refractivity contribution is 0.368. The number of tetrazole rings is 1. The van der Waals surface area contributed by atoms with E-state index in [9.17, 15) is 0 Å². The van der Waals surface area contributed by atoms with Gasteiger partial charge in [-0.15, -0.1) is 10.2 Å². The SMILES string of the molecule is CCCc1nc(Cn2nnc(C3CC3)n2)no1. The lowest BCUT2D eigenvalue weighted by atomic mass is 10.3. The number of nitrogens with zero attached hydrogens (tertiary/aromatic N) is 6. The number of aromatic nitrogens is 6. The molecule has 3 rings (SSSR count). The van der Waals surface area contributed by atoms with Gasteiger partial charge in [-0.1, -0.05) is 12.1 Å². The average molecular weight is 234 g/mol. The largest absolute Gasteiger partial charge is 0.339 e. The van der Waals surface area contributed by atoms with Gasteiger partial charge in [-0.2, -0.15) is 9.78 Å². The van der Waals surface area contributed by atoms with Crippen molar-refractivity contribution in [2.75, 3.05) is 0 Å². The van der Waals surface area contributed by atoms with Crippen LogP contribution in [0, 0.1) is 0 Å². The Morgan fingerprint density at radius 1 is 1.41 bits per heavy atom. The summed E-state index contributed by atoms with van der Waals surface area (Å²) in [4.78, 5) is 5.78. The zero-order chi connectivity index (χ0) is 11.7. The van der Waals surface area contributed by atoms with Crippen LogP contribution < -0.4 is 0 Å². The van der Waals surface area contributed by atoms with Crippen LogP contribution in [0.3, 0.4) is 0 Å². The van der Waals surface area contributed by atoms with E-state index in [1.807, 2.05) is 0 Å². The van der Waals surface area contributed by atoms with Gasteiger partial charge in [-0.25, -0.2) is 0 Å². The summed E-state index contributed by atoms with van der Waals surface area (Å²) in [6.45, 7) is 2.50. The zero-order valence-electron chi connectivity index (χ0n) is 9.70. The number of hydrogen-bond donors (Lipinski definition) is 0. The van der Waals surface area contributed by atoms with Gasteiger partial charge < -0.3 is 4.52 Å². The van der Waals surface area contributed by atoms with E-state index in [1.165, 1.54) is 17.6 Å². The standard InChI is InChI=1S/C10H14N6O/c1-2-3-9-11-8(14-17-9)6-16-13-10(12-15-16)7-4-5-7/h7H,2-6H2,1H3. The summed E-state index contributed by atoms with van der Waals surface area (Å²) in [6, 6.07) is 0. The van der Waals surface area contributed by atoms with Crippen molar-refractivity contribution in [2.45, 2.75) is 45.1 Å². The highest BCUT2D eigenvalue weighted by atomic mass is 16.5. The predicted octanol–water partition coefficient (Wildman–Crippen LogP) is 0.934. The molecular weight excluding hydrogens is 220 g/mol. The molecule has 2 heterocycles. The van der Waals surface area contributed by atoms with Gasteiger partial charge in [0.2, 0.25) is 5.89 Å². The summed E-state index contributed by atoms with van der Waals surface area (Å²) in [7, 11) is 0. The van der Waals surface area contributed by atoms with Crippen LogP contribution in [0.15, 0.2) is 4.52 Å². The second kappa shape index (κ2) is 4.23. The van der Waals surface area contributed by atoms with Crippen LogP contribution in [0.1, 0.15) is 49.6 Å². The highest BCUT2D eigenvalue weighted by Gasteiger charge is 2.28. The first-order chi connectivity index (χ1) is 8.35. The van der Waals surface area contributed by atoms with Gasteiger partial charge in [-0.05, 0) is 24.5 Å². The Balaban J connectivity index is 1.67. The van der Waals surface area contributed by atoms with Gasteiger partial charge in [0.05, 0.1) is 0 Å². The predicted molar refractivity (Wildman–Crippen MR) is 57.2 cm³/mol. The minimum Gasteiger partial charge on any atom is -0.339 e. The Hall–Kier alpha value is -1.79. The molecule has 7 nitrogen and oxygen atoms in total. The summed E-state index contributed by atoms with van der Waals surface area (Å²) >= 11 is 0. The van der Waals surface area contributed by atoms with Crippen molar-refractivity contribution in [3.63, 3.8) is 0 Å². The third-order valence-corrected chi connectivity index (χ3v) is 2.67. The van der Waals surface area contributed by atoms with E-state index in [2.05, 4.69) is 32.5 Å². The molecule has 1 aliphatic carbocycles. The van der Waals surface area contributed by atoms with Crippen molar-refractivity contribution in [3.8, 4) is 0 Å². The molecule has 0 bridgehead atoms. The molecule has 90 valence electrons. The molecule has 17 heavy (non-hydrogen) atoms. The van der Waals surface area contributed by atoms with Gasteiger partial charge >= 0.3 is 0 Å². The molecule has 1 saturated carbocycles. The van der Waals surface area contributed by atoms with Crippen LogP contribution in [-0.4, -0.2) is 30.3 Å². The van der Waals surface area contributed by atoms with Crippen LogP contribution in [0.25, 0.3) is 0 Å². The van der Waals surface area contributed by atoms with Crippen molar-refractivity contribution in [1.29, 1.82) is 0 Å². The molecular formula is C10H14N6O. The summed E-state index contributed by atoms with van der Waals surface area (Å²) < 4.78 is 5.09. The number of rotatable bonds is 5. The van der Waals surface area contributed by atoms with Gasteiger partial charge in [0.1, 0.15) is 6.54 Å². The van der Waals surface area contributed by atoms with Crippen LogP contribution in [0.5, 0.6) is 0 Å². The highest BCUT2D eigenvalue weighted by molar-refractivity contribution is 5.00. The normalized spacial score (nSPS) is 15.4. The minimum atomic E-state index is 0.424. The summed E-state index contributed by atoms with van der Waals surface area (Å²) in [5.41, 5.74) is 0. The molecule has 1 aliphatic rings. The maximum atomic E-state index is 5.09. The average Bonchev–Trinajstić information content (AvgIpc) is 2.92. The maximum absolute atomic E-state index is 5.09. The summed E-state index contributed by atoms with van der Waals surface area (Å²) in [6.07, 6.45) is 4.16. The summed E-state index contributed by atoms with van der Waals surface area (Å²) in [5, 5.41) is 16.2. The third-order valence-electron chi connectivity index (χ3n) is 2.67. The first-order valence-corrected chi connectivity index (χ1v) is 5.94. The molecule has 2 aromatic heterocycles. The molecule has 0 aliphatic heterocycles. The third kappa shape index (κ3) is 2.32. The minimum absolute atomic E-state index is 0.424. The Bertz CT molecular complexity index is 500. The first-order valence-electron chi connectivity index (χ1n) is 5.94. The lowest BCUT2D eigenvalue weighted by Gasteiger charge is -1.90. The Morgan fingerprint density at radius 3 is 3.06 bits per heavy atom. The van der Waals surface area contributed by atoms with E-state index in [1.54, 1.807) is 0 Å². The molecule has 1 fully saturated rings. The molecule has 0 saturated heterocycles. The Morgan fingerprint density at radius 2 is 2.29 bits per heavy atom. The smallest absolute Gasteiger partial charge is 0.226 e. The quantitative estimate of drug-likeness (QED) is 0.765. The molecule has 0 aromatic carbocycles. The molecule has 0 radical (unpaired) electrons. The van der Waals surface area contributed by atoms with E-state index in [0.717, 1.165) is 18.7 Å². The van der Waals surface area contributed by atoms with E-state index in [4.69, 9.17) is 4.52 Å². The zero-order valence-corrected chi connectivity index (χ0v) is 9.70. The monoisotopic (exact) mass is 234 g/mol. The fourth-order valence-corrected chi connectivity index (χ4v) is 1.62. The van der Waals surface area contributed by atoms with Crippen molar-refractivity contribution >= 4 is 0 Å². The van der Waals surface area contributed by atoms with Crippen molar-refractivity contribution in [3.05, 3.63) is 17.5 Å². The molecule has 0 atom stereocenters. The van der Waals surface area contributed by atoms with Gasteiger partial charge in [0, 0.05) is 12.3 Å². The van der Waals surface area contributed by atoms with E-state index in [0.29, 0.717) is 24.2 Å². The number of hydrogen-bond acceptors (Lipinski definition) is 6. The van der Waals surface area contributed by atoms with Crippen LogP contribution in [0.4, 0.5) is 0 Å². The van der Waals surface area contributed by atoms with E-state index >= 15 is 0 Å². The van der Waals surface area contributed by atoms with Gasteiger partial charge in [0.15, 0.2) is 11.6 Å². The topological polar surface area (TPSA) is 82.5 Å². The second-order valence-electron chi connectivity index (χ2n) is 4.31. The maximum Gasteiger partial charge on any atom is 0.226 e. The van der Waals surface area contributed by atoms with Crippen molar-refractivity contribution < 1.29 is 4.52 Å². The molecule has 0 N–H and O–H groups in total. The van der Waals surface area contributed by atoms with E-state index in [-0.39, 0.29) is 0 Å². The molecule has 2 aromatic rings. The Labute approximate surface area is 98.2 Å². The molecule has 0 unspecified atom stereocenters. The highest BCUT2D eigenvalue weighted by Crippen LogP contribution is 2.37. The second-order valence-corrected chi connectivity index (χ2v) is 4.31. The van der Waals surface area contributed by atoms with Crippen molar-refractivity contribution in [2.24, 2.45) is 0 Å². The summed E-state index contributed by atoms with van der Waals surface area (Å²) in [5.74, 6) is 2.63. The van der Waals surface area contributed by atoms with Crippen LogP contribution in [0.2, 0.25) is 0 Å². The first kappa shape index (κ1) is 10.4. The van der Waals surface area contributed by atoms with Gasteiger partial charge in [0.25, 0.3) is 0 Å². The van der Waals surface area contributed by atoms with Gasteiger partial charge in [-0.3, -0.25) is 0 Å². The fourth-order valence-electron chi connectivity index (χ4n) is 1.62. The molecule has 0 amide bonds. The number of aryl methyl sites for hydroxylation is 1. The lowest BCUT2D eigenvalue weighted by Crippen LogP contribution is -2.05. The van der Waals surface area contributed by atoms with Crippen LogP contribution in [-0.2, 0) is 13.0 Å². The molecule has 0 spiro atoms. The van der Waals surface area contributed by atoms with Crippen LogP contribution >= 0.6 is 0 Å². The Kier molecular flexibility index (Phi) is 2.58.